The third-order valence-electron chi connectivity index (χ3n) is 12.1. The maximum absolute atomic E-state index is 12.9. The number of hydrogen-bond donors (Lipinski definition) is 0. The monoisotopic (exact) mass is 840 g/mol. The third kappa shape index (κ3) is 40.0. The molecule has 350 valence electrons. The summed E-state index contributed by atoms with van der Waals surface area (Å²) in [5.74, 6) is 0.0273. The Bertz CT molecular complexity index is 1020. The molecule has 0 bridgehead atoms. The van der Waals surface area contributed by atoms with Crippen molar-refractivity contribution < 1.29 is 19.1 Å². The van der Waals surface area contributed by atoms with Gasteiger partial charge in [0.15, 0.2) is 0 Å². The molecule has 0 aliphatic carbocycles. The molecule has 0 amide bonds. The van der Waals surface area contributed by atoms with Crippen LogP contribution in [0.3, 0.4) is 0 Å². The molecule has 60 heavy (non-hydrogen) atoms. The average Bonchev–Trinajstić information content (AvgIpc) is 3.25. The zero-order valence-electron chi connectivity index (χ0n) is 40.6. The minimum absolute atomic E-state index is 0.00108. The van der Waals surface area contributed by atoms with Crippen molar-refractivity contribution in [2.24, 2.45) is 0 Å². The van der Waals surface area contributed by atoms with Gasteiger partial charge in [-0.05, 0) is 109 Å². The summed E-state index contributed by atoms with van der Waals surface area (Å²) < 4.78 is 11.9. The quantitative estimate of drug-likeness (QED) is 0.0347. The Labute approximate surface area is 374 Å². The van der Waals surface area contributed by atoms with Crippen molar-refractivity contribution in [3.63, 3.8) is 0 Å². The number of carbonyl (C=O) groups is 2. The van der Waals surface area contributed by atoms with Crippen LogP contribution in [0.4, 0.5) is 0 Å². The van der Waals surface area contributed by atoms with Crippen LogP contribution < -0.4 is 0 Å². The van der Waals surface area contributed by atoms with E-state index >= 15 is 0 Å². The molecule has 0 fully saturated rings. The van der Waals surface area contributed by atoms with Crippen molar-refractivity contribution >= 4 is 11.9 Å². The molecular weight excluding hydrogens is 739 g/mol. The molecule has 5 nitrogen and oxygen atoms in total. The predicted molar refractivity (Wildman–Crippen MR) is 263 cm³/mol. The normalized spacial score (nSPS) is 12.5. The molecule has 0 saturated heterocycles. The first-order chi connectivity index (χ1) is 29.4. The van der Waals surface area contributed by atoms with Gasteiger partial charge in [-0.25, -0.2) is 0 Å². The molecule has 0 N–H and O–H groups in total. The molecule has 0 aromatic carbocycles. The van der Waals surface area contributed by atoms with E-state index in [2.05, 4.69) is 57.9 Å². The van der Waals surface area contributed by atoms with Crippen molar-refractivity contribution in [3.8, 4) is 0 Å². The maximum atomic E-state index is 12.9. The lowest BCUT2D eigenvalue weighted by atomic mass is 10.0. The van der Waals surface area contributed by atoms with Gasteiger partial charge in [-0.2, -0.15) is 0 Å². The lowest BCUT2D eigenvalue weighted by Crippen LogP contribution is -2.27. The van der Waals surface area contributed by atoms with E-state index in [0.717, 1.165) is 89.4 Å². The highest BCUT2D eigenvalue weighted by atomic mass is 16.5. The summed E-state index contributed by atoms with van der Waals surface area (Å²) in [5.41, 5.74) is 1.16. The molecule has 5 heteroatoms. The number of unbranched alkanes of at least 4 members (excludes halogenated alkanes) is 24. The van der Waals surface area contributed by atoms with Gasteiger partial charge in [0.2, 0.25) is 0 Å². The van der Waals surface area contributed by atoms with Crippen molar-refractivity contribution in [1.29, 1.82) is 0 Å². The van der Waals surface area contributed by atoms with Crippen LogP contribution in [-0.2, 0) is 19.1 Å². The Balaban J connectivity index is 4.60. The first kappa shape index (κ1) is 57.9. The van der Waals surface area contributed by atoms with Crippen molar-refractivity contribution in [2.75, 3.05) is 19.6 Å². The highest BCUT2D eigenvalue weighted by molar-refractivity contribution is 5.69. The van der Waals surface area contributed by atoms with Gasteiger partial charge < -0.3 is 14.4 Å². The second-order valence-electron chi connectivity index (χ2n) is 17.8. The molecule has 0 aliphatic heterocycles. The molecule has 1 atom stereocenters. The fourth-order valence-corrected chi connectivity index (χ4v) is 8.14. The van der Waals surface area contributed by atoms with E-state index < -0.39 is 0 Å². The van der Waals surface area contributed by atoms with Gasteiger partial charge in [-0.1, -0.05) is 206 Å². The predicted octanol–water partition coefficient (Wildman–Crippen LogP) is 17.1. The number of hydrogen-bond acceptors (Lipinski definition) is 5. The summed E-state index contributed by atoms with van der Waals surface area (Å²) in [7, 11) is 0. The molecule has 0 heterocycles. The lowest BCUT2D eigenvalue weighted by molar-refractivity contribution is -0.150. The molecule has 1 unspecified atom stereocenters. The van der Waals surface area contributed by atoms with Gasteiger partial charge >= 0.3 is 11.9 Å². The molecule has 0 aromatic heterocycles. The van der Waals surface area contributed by atoms with E-state index in [0.29, 0.717) is 12.8 Å². The van der Waals surface area contributed by atoms with E-state index in [1.807, 2.05) is 12.2 Å². The first-order valence-electron chi connectivity index (χ1n) is 26.2. The average molecular weight is 840 g/mol. The van der Waals surface area contributed by atoms with Crippen molar-refractivity contribution in [1.82, 2.24) is 4.90 Å². The van der Waals surface area contributed by atoms with Crippen molar-refractivity contribution in [3.05, 3.63) is 49.1 Å². The Kier molecular flexibility index (Phi) is 44.7. The Morgan fingerprint density at radius 2 is 0.867 bits per heavy atom. The topological polar surface area (TPSA) is 55.8 Å². The molecule has 0 radical (unpaired) electrons. The van der Waals surface area contributed by atoms with Crippen LogP contribution in [0, 0.1) is 0 Å². The fourth-order valence-electron chi connectivity index (χ4n) is 8.14. The number of ether oxygens (including phenoxy) is 2. The molecule has 0 saturated carbocycles. The summed E-state index contributed by atoms with van der Waals surface area (Å²) in [6, 6.07) is 0. The number of esters is 2. The van der Waals surface area contributed by atoms with Gasteiger partial charge in [-0.15, -0.1) is 0 Å². The van der Waals surface area contributed by atoms with Crippen LogP contribution in [0.5, 0.6) is 0 Å². The smallest absolute Gasteiger partial charge is 0.306 e. The highest BCUT2D eigenvalue weighted by Crippen LogP contribution is 2.19. The number of allylic oxidation sites excluding steroid dienone is 6. The summed E-state index contributed by atoms with van der Waals surface area (Å²) in [5, 5.41) is 0. The van der Waals surface area contributed by atoms with Crippen LogP contribution in [0.1, 0.15) is 259 Å². The first-order valence-corrected chi connectivity index (χ1v) is 26.2. The Morgan fingerprint density at radius 1 is 0.483 bits per heavy atom. The van der Waals surface area contributed by atoms with Gasteiger partial charge in [0.25, 0.3) is 0 Å². The van der Waals surface area contributed by atoms with Gasteiger partial charge in [-0.3, -0.25) is 9.59 Å². The Hall–Kier alpha value is -2.14. The van der Waals surface area contributed by atoms with Crippen LogP contribution in [-0.4, -0.2) is 48.7 Å². The molecule has 0 aliphatic rings. The SMILES string of the molecule is C=C/C=C\C(C=C)=C/CCCN(CCCCCCCC(=O)OC(CC)CCCCCCCC)CCCCCCCC(=O)OC(CCCCCCCC)CCCCCCCC. The van der Waals surface area contributed by atoms with Crippen LogP contribution in [0.15, 0.2) is 49.1 Å². The molecular formula is C55H101NO4. The highest BCUT2D eigenvalue weighted by Gasteiger charge is 2.15. The van der Waals surface area contributed by atoms with E-state index in [1.165, 1.54) is 154 Å². The standard InChI is InChI=1S/C55H101NO4/c1-7-13-17-20-25-32-43-52(12-6)59-54(57)46-35-28-23-30-38-48-56(50-40-37-42-51(11-5)41-16-10-4)49-39-31-24-29-36-47-55(58)60-53(44-33-26-21-18-14-8-2)45-34-27-22-19-15-9-3/h10-11,16,41-42,52-53H,4-5,7-9,12-15,17-40,43-50H2,1-3,6H3/b41-16-,51-42-. The van der Waals surface area contributed by atoms with Gasteiger partial charge in [0, 0.05) is 12.8 Å². The second kappa shape index (κ2) is 46.4. The van der Waals surface area contributed by atoms with Crippen LogP contribution in [0.2, 0.25) is 0 Å². The summed E-state index contributed by atoms with van der Waals surface area (Å²) in [6.45, 7) is 20.1. The van der Waals surface area contributed by atoms with Crippen molar-refractivity contribution in [2.45, 2.75) is 271 Å². The maximum Gasteiger partial charge on any atom is 0.306 e. The molecule has 0 spiro atoms. The summed E-state index contributed by atoms with van der Waals surface area (Å²) in [6.07, 6.45) is 51.9. The largest absolute Gasteiger partial charge is 0.462 e. The van der Waals surface area contributed by atoms with E-state index in [9.17, 15) is 9.59 Å². The second-order valence-corrected chi connectivity index (χ2v) is 17.8. The van der Waals surface area contributed by atoms with E-state index in [1.54, 1.807) is 6.08 Å². The molecule has 0 rings (SSSR count). The summed E-state index contributed by atoms with van der Waals surface area (Å²) >= 11 is 0. The third-order valence-corrected chi connectivity index (χ3v) is 12.1. The minimum Gasteiger partial charge on any atom is -0.462 e. The Morgan fingerprint density at radius 3 is 1.30 bits per heavy atom. The summed E-state index contributed by atoms with van der Waals surface area (Å²) in [4.78, 5) is 28.1. The number of carbonyl (C=O) groups excluding carboxylic acids is 2. The van der Waals surface area contributed by atoms with E-state index in [-0.39, 0.29) is 24.1 Å². The lowest BCUT2D eigenvalue weighted by Gasteiger charge is -2.22. The molecule has 0 aromatic rings. The van der Waals surface area contributed by atoms with Gasteiger partial charge in [0.1, 0.15) is 12.2 Å². The zero-order valence-corrected chi connectivity index (χ0v) is 40.6. The van der Waals surface area contributed by atoms with Gasteiger partial charge in [0.05, 0.1) is 0 Å². The fraction of sp³-hybridized carbons (Fsp3) is 0.818. The minimum atomic E-state index is -0.00108. The number of nitrogens with zero attached hydrogens (tertiary/aromatic N) is 1. The van der Waals surface area contributed by atoms with E-state index in [4.69, 9.17) is 9.47 Å². The number of rotatable bonds is 47. The zero-order chi connectivity index (χ0) is 44.0. The van der Waals surface area contributed by atoms with Crippen LogP contribution in [0.25, 0.3) is 0 Å². The van der Waals surface area contributed by atoms with Crippen LogP contribution >= 0.6 is 0 Å².